The number of hydrogen-bond acceptors (Lipinski definition) is 4. The van der Waals surface area contributed by atoms with Crippen LogP contribution in [0.15, 0.2) is 60.7 Å². The second kappa shape index (κ2) is 9.78. The Kier molecular flexibility index (Phi) is 6.89. The molecule has 0 spiro atoms. The highest BCUT2D eigenvalue weighted by molar-refractivity contribution is 5.80. The van der Waals surface area contributed by atoms with Crippen LogP contribution >= 0.6 is 0 Å². The third kappa shape index (κ3) is 5.74. The van der Waals surface area contributed by atoms with E-state index in [1.165, 1.54) is 0 Å². The molecule has 28 heavy (non-hydrogen) atoms. The molecule has 6 heteroatoms. The molecule has 1 atom stereocenters. The quantitative estimate of drug-likeness (QED) is 0.831. The molecule has 1 aliphatic rings. The van der Waals surface area contributed by atoms with Crippen molar-refractivity contribution in [1.29, 1.82) is 0 Å². The van der Waals surface area contributed by atoms with Gasteiger partial charge < -0.3 is 19.7 Å². The summed E-state index contributed by atoms with van der Waals surface area (Å²) in [6.07, 6.45) is 0.790. The molecule has 148 valence electrons. The molecule has 0 saturated carbocycles. The molecule has 6 nitrogen and oxygen atoms in total. The molecule has 2 aromatic carbocycles. The van der Waals surface area contributed by atoms with Crippen molar-refractivity contribution in [3.05, 3.63) is 60.7 Å². The molecular weight excluding hydrogens is 356 g/mol. The first-order valence-corrected chi connectivity index (χ1v) is 9.63. The monoisotopic (exact) mass is 382 g/mol. The lowest BCUT2D eigenvalue weighted by molar-refractivity contribution is -0.127. The molecule has 2 aromatic rings. The predicted molar refractivity (Wildman–Crippen MR) is 106 cm³/mol. The summed E-state index contributed by atoms with van der Waals surface area (Å²) in [5.41, 5.74) is 0. The van der Waals surface area contributed by atoms with Gasteiger partial charge in [0.1, 0.15) is 11.5 Å². The summed E-state index contributed by atoms with van der Waals surface area (Å²) in [6.45, 7) is 3.58. The van der Waals surface area contributed by atoms with E-state index in [9.17, 15) is 9.59 Å². The van der Waals surface area contributed by atoms with E-state index in [4.69, 9.17) is 9.47 Å². The van der Waals surface area contributed by atoms with Crippen molar-refractivity contribution < 1.29 is 19.1 Å². The van der Waals surface area contributed by atoms with Gasteiger partial charge in [-0.1, -0.05) is 36.4 Å². The maximum Gasteiger partial charge on any atom is 0.415 e. The van der Waals surface area contributed by atoms with Crippen molar-refractivity contribution in [3.63, 3.8) is 0 Å². The average Bonchev–Trinajstić information content (AvgIpc) is 2.73. The van der Waals surface area contributed by atoms with Crippen LogP contribution in [0, 0.1) is 5.92 Å². The van der Waals surface area contributed by atoms with Crippen LogP contribution in [0.2, 0.25) is 0 Å². The smallest absolute Gasteiger partial charge is 0.415 e. The third-order valence-electron chi connectivity index (χ3n) is 4.81. The molecule has 0 aliphatic carbocycles. The Labute approximate surface area is 165 Å². The van der Waals surface area contributed by atoms with Crippen molar-refractivity contribution >= 4 is 12.0 Å². The fraction of sp³-hybridized carbons (Fsp3) is 0.364. The Balaban J connectivity index is 1.37. The van der Waals surface area contributed by atoms with E-state index in [1.807, 2.05) is 48.5 Å². The molecule has 1 unspecified atom stereocenters. The topological polar surface area (TPSA) is 67.9 Å². The summed E-state index contributed by atoms with van der Waals surface area (Å²) in [5, 5.41) is 2.96. The predicted octanol–water partition coefficient (Wildman–Crippen LogP) is 3.48. The number of likely N-dealkylation sites (tertiary alicyclic amines) is 1. The minimum Gasteiger partial charge on any atom is -0.481 e. The number of piperidine rings is 1. The summed E-state index contributed by atoms with van der Waals surface area (Å²) in [6, 6.07) is 18.4. The molecule has 0 aromatic heterocycles. The Morgan fingerprint density at radius 3 is 2.18 bits per heavy atom. The molecule has 1 aliphatic heterocycles. The maximum atomic E-state index is 12.2. The van der Waals surface area contributed by atoms with Crippen molar-refractivity contribution in [1.82, 2.24) is 10.2 Å². The van der Waals surface area contributed by atoms with Gasteiger partial charge in [-0.2, -0.15) is 0 Å². The lowest BCUT2D eigenvalue weighted by Gasteiger charge is -2.31. The fourth-order valence-electron chi connectivity index (χ4n) is 3.12. The van der Waals surface area contributed by atoms with Crippen LogP contribution in [0.1, 0.15) is 19.8 Å². The van der Waals surface area contributed by atoms with E-state index in [0.717, 1.165) is 12.8 Å². The highest BCUT2D eigenvalue weighted by Gasteiger charge is 2.25. The number of nitrogens with zero attached hydrogens (tertiary/aromatic N) is 1. The summed E-state index contributed by atoms with van der Waals surface area (Å²) >= 11 is 0. The fourth-order valence-corrected chi connectivity index (χ4v) is 3.12. The largest absolute Gasteiger partial charge is 0.481 e. The van der Waals surface area contributed by atoms with E-state index in [1.54, 1.807) is 24.0 Å². The van der Waals surface area contributed by atoms with Crippen molar-refractivity contribution in [2.45, 2.75) is 25.9 Å². The highest BCUT2D eigenvalue weighted by atomic mass is 16.6. The molecule has 1 heterocycles. The van der Waals surface area contributed by atoms with Gasteiger partial charge in [0.2, 0.25) is 0 Å². The third-order valence-corrected chi connectivity index (χ3v) is 4.81. The molecule has 2 amide bonds. The van der Waals surface area contributed by atoms with E-state index < -0.39 is 6.10 Å². The number of carbonyl (C=O) groups is 2. The zero-order chi connectivity index (χ0) is 19.8. The van der Waals surface area contributed by atoms with Crippen LogP contribution in [0.5, 0.6) is 11.5 Å². The number of hydrogen-bond donors (Lipinski definition) is 1. The first-order valence-electron chi connectivity index (χ1n) is 9.63. The van der Waals surface area contributed by atoms with Gasteiger partial charge in [0, 0.05) is 19.6 Å². The van der Waals surface area contributed by atoms with E-state index >= 15 is 0 Å². The number of nitrogens with one attached hydrogen (secondary N) is 1. The normalized spacial score (nSPS) is 15.5. The second-order valence-electron chi connectivity index (χ2n) is 6.93. The van der Waals surface area contributed by atoms with Crippen LogP contribution in [-0.2, 0) is 4.79 Å². The van der Waals surface area contributed by atoms with Gasteiger partial charge >= 0.3 is 6.09 Å². The van der Waals surface area contributed by atoms with E-state index in [2.05, 4.69) is 5.32 Å². The van der Waals surface area contributed by atoms with Crippen molar-refractivity contribution in [3.8, 4) is 11.5 Å². The number of ether oxygens (including phenoxy) is 2. The SMILES string of the molecule is CC(Oc1ccccc1)C(=O)NCC1CCN(C(=O)Oc2ccccc2)CC1. The minimum atomic E-state index is -0.552. The lowest BCUT2D eigenvalue weighted by Crippen LogP contribution is -2.44. The van der Waals surface area contributed by atoms with Gasteiger partial charge in [-0.15, -0.1) is 0 Å². The number of rotatable bonds is 6. The number of amides is 2. The molecule has 1 saturated heterocycles. The van der Waals surface area contributed by atoms with Crippen LogP contribution in [0.3, 0.4) is 0 Å². The number of carbonyl (C=O) groups excluding carboxylic acids is 2. The maximum absolute atomic E-state index is 12.2. The van der Waals surface area contributed by atoms with Crippen LogP contribution in [-0.4, -0.2) is 42.6 Å². The van der Waals surface area contributed by atoms with Gasteiger partial charge in [0.05, 0.1) is 0 Å². The summed E-state index contributed by atoms with van der Waals surface area (Å²) in [4.78, 5) is 26.2. The van der Waals surface area contributed by atoms with Crippen molar-refractivity contribution in [2.24, 2.45) is 5.92 Å². The summed E-state index contributed by atoms with van der Waals surface area (Å²) in [7, 11) is 0. The van der Waals surface area contributed by atoms with Crippen LogP contribution in [0.25, 0.3) is 0 Å². The second-order valence-corrected chi connectivity index (χ2v) is 6.93. The Bertz CT molecular complexity index is 759. The Morgan fingerprint density at radius 1 is 1.00 bits per heavy atom. The van der Waals surface area contributed by atoms with Crippen LogP contribution < -0.4 is 14.8 Å². The van der Waals surface area contributed by atoms with Crippen LogP contribution in [0.4, 0.5) is 4.79 Å². The van der Waals surface area contributed by atoms with Gasteiger partial charge in [0.15, 0.2) is 6.10 Å². The Morgan fingerprint density at radius 2 is 1.57 bits per heavy atom. The molecular formula is C22H26N2O4. The summed E-state index contributed by atoms with van der Waals surface area (Å²) < 4.78 is 11.0. The van der Waals surface area contributed by atoms with Gasteiger partial charge in [0.25, 0.3) is 5.91 Å². The minimum absolute atomic E-state index is 0.130. The van der Waals surface area contributed by atoms with E-state index in [-0.39, 0.29) is 12.0 Å². The highest BCUT2D eigenvalue weighted by Crippen LogP contribution is 2.19. The van der Waals surface area contributed by atoms with Gasteiger partial charge in [-0.05, 0) is 49.9 Å². The molecule has 0 radical (unpaired) electrons. The zero-order valence-corrected chi connectivity index (χ0v) is 16.0. The molecule has 0 bridgehead atoms. The summed E-state index contributed by atoms with van der Waals surface area (Å²) in [5.74, 6) is 1.44. The van der Waals surface area contributed by atoms with Crippen molar-refractivity contribution in [2.75, 3.05) is 19.6 Å². The Hall–Kier alpha value is -3.02. The first-order chi connectivity index (χ1) is 13.6. The molecule has 3 rings (SSSR count). The van der Waals surface area contributed by atoms with Gasteiger partial charge in [-0.3, -0.25) is 4.79 Å². The standard InChI is InChI=1S/C22H26N2O4/c1-17(27-19-8-4-2-5-9-19)21(25)23-16-18-12-14-24(15-13-18)22(26)28-20-10-6-3-7-11-20/h2-11,17-18H,12-16H2,1H3,(H,23,25). The first kappa shape index (κ1) is 19.7. The number of benzene rings is 2. The molecule has 1 N–H and O–H groups in total. The lowest BCUT2D eigenvalue weighted by atomic mass is 9.97. The van der Waals surface area contributed by atoms with Gasteiger partial charge in [-0.25, -0.2) is 4.79 Å². The zero-order valence-electron chi connectivity index (χ0n) is 16.0. The molecule has 1 fully saturated rings. The average molecular weight is 382 g/mol. The number of para-hydroxylation sites is 2. The van der Waals surface area contributed by atoms with E-state index in [0.29, 0.717) is 37.1 Å².